The number of aryl methyl sites for hydroxylation is 1. The topological polar surface area (TPSA) is 98.9 Å². The molecule has 12 heteroatoms. The maximum atomic E-state index is 17.0. The Bertz CT molecular complexity index is 1820. The van der Waals surface area contributed by atoms with Gasteiger partial charge in [0.1, 0.15) is 42.2 Å². The minimum atomic E-state index is -0.896. The van der Waals surface area contributed by atoms with Crippen molar-refractivity contribution in [2.24, 2.45) is 0 Å². The predicted octanol–water partition coefficient (Wildman–Crippen LogP) is 5.21. The molecule has 0 saturated carbocycles. The highest BCUT2D eigenvalue weighted by molar-refractivity contribution is 6.03. The first kappa shape index (κ1) is 28.6. The average molecular weight is 621 g/mol. The molecule has 2 N–H and O–H groups in total. The van der Waals surface area contributed by atoms with Crippen molar-refractivity contribution in [2.75, 3.05) is 56.7 Å². The SMILES string of the molecule is CCc1c(F)ccc2nc(N)cc(-c3nc4c5c(cc(OC[C@@]67CCCN6C[C@H](F)C7)nc5c3F)N3CCOCC[C@H]3CO4)c12. The molecule has 4 aromatic rings. The second-order valence-corrected chi connectivity index (χ2v) is 12.6. The van der Waals surface area contributed by atoms with Crippen molar-refractivity contribution in [2.45, 2.75) is 56.8 Å². The van der Waals surface area contributed by atoms with Crippen LogP contribution in [0, 0.1) is 11.6 Å². The maximum absolute atomic E-state index is 17.0. The highest BCUT2D eigenvalue weighted by Gasteiger charge is 2.49. The van der Waals surface area contributed by atoms with Gasteiger partial charge in [-0.3, -0.25) is 4.90 Å². The summed E-state index contributed by atoms with van der Waals surface area (Å²) in [6.45, 7) is 5.29. The molecule has 0 aliphatic carbocycles. The lowest BCUT2D eigenvalue weighted by atomic mass is 9.95. The van der Waals surface area contributed by atoms with Crippen LogP contribution in [-0.4, -0.2) is 83.7 Å². The number of pyridine rings is 3. The number of nitrogens with zero attached hydrogens (tertiary/aromatic N) is 5. The van der Waals surface area contributed by atoms with Gasteiger partial charge in [0, 0.05) is 43.1 Å². The molecular weight excluding hydrogens is 585 g/mol. The molecule has 236 valence electrons. The first-order valence-electron chi connectivity index (χ1n) is 15.8. The molecule has 45 heavy (non-hydrogen) atoms. The van der Waals surface area contributed by atoms with Crippen LogP contribution in [0.25, 0.3) is 33.1 Å². The largest absolute Gasteiger partial charge is 0.476 e. The third kappa shape index (κ3) is 4.63. The molecule has 9 nitrogen and oxygen atoms in total. The van der Waals surface area contributed by atoms with E-state index in [9.17, 15) is 4.39 Å². The molecule has 3 fully saturated rings. The molecule has 3 atom stereocenters. The van der Waals surface area contributed by atoms with Gasteiger partial charge in [-0.15, -0.1) is 0 Å². The Hall–Kier alpha value is -3.90. The number of rotatable bonds is 5. The van der Waals surface area contributed by atoms with Gasteiger partial charge in [0.25, 0.3) is 0 Å². The van der Waals surface area contributed by atoms with E-state index >= 15 is 8.78 Å². The Labute approximate surface area is 258 Å². The minimum absolute atomic E-state index is 0.0295. The number of anilines is 2. The minimum Gasteiger partial charge on any atom is -0.476 e. The van der Waals surface area contributed by atoms with Gasteiger partial charge in [0.05, 0.1) is 34.8 Å². The van der Waals surface area contributed by atoms with E-state index in [0.717, 1.165) is 19.4 Å². The standard InChI is InChI=1S/C33H35F3N6O3/c1-2-20-22(35)4-5-23-27(20)21(12-25(37)38-23)30-29(36)31-28-24(42-9-11-43-10-6-19(42)16-44-32(28)40-30)13-26(39-31)45-17-33-7-3-8-41(33)15-18(34)14-33/h4-5,12-13,18-19H,2-3,6-11,14-17H2,1H3,(H2,37,38)/t18-,19+,33+/m1/s1. The van der Waals surface area contributed by atoms with E-state index in [1.165, 1.54) is 18.2 Å². The Morgan fingerprint density at radius 3 is 2.87 bits per heavy atom. The van der Waals surface area contributed by atoms with Gasteiger partial charge < -0.3 is 24.8 Å². The van der Waals surface area contributed by atoms with Crippen molar-refractivity contribution in [3.05, 3.63) is 41.5 Å². The van der Waals surface area contributed by atoms with Gasteiger partial charge >= 0.3 is 0 Å². The molecule has 1 aromatic carbocycles. The molecule has 0 amide bonds. The number of alkyl halides is 1. The second kappa shape index (κ2) is 10.9. The molecule has 3 aromatic heterocycles. The second-order valence-electron chi connectivity index (χ2n) is 12.6. The number of halogens is 3. The van der Waals surface area contributed by atoms with E-state index in [-0.39, 0.29) is 41.4 Å². The predicted molar refractivity (Wildman–Crippen MR) is 165 cm³/mol. The van der Waals surface area contributed by atoms with Crippen LogP contribution in [0.3, 0.4) is 0 Å². The zero-order valence-corrected chi connectivity index (χ0v) is 25.1. The van der Waals surface area contributed by atoms with Crippen LogP contribution in [0.5, 0.6) is 11.8 Å². The third-order valence-corrected chi connectivity index (χ3v) is 9.96. The molecule has 0 bridgehead atoms. The summed E-state index contributed by atoms with van der Waals surface area (Å²) in [4.78, 5) is 18.2. The fraction of sp³-hybridized carbons (Fsp3) is 0.485. The monoisotopic (exact) mass is 620 g/mol. The Kier molecular flexibility index (Phi) is 6.90. The zero-order chi connectivity index (χ0) is 30.9. The number of hydrogen-bond acceptors (Lipinski definition) is 9. The molecule has 4 aliphatic rings. The fourth-order valence-electron chi connectivity index (χ4n) is 7.85. The van der Waals surface area contributed by atoms with Gasteiger partial charge in [-0.25, -0.2) is 28.1 Å². The van der Waals surface area contributed by atoms with Crippen LogP contribution < -0.4 is 20.1 Å². The normalized spacial score (nSPS) is 24.8. The summed E-state index contributed by atoms with van der Waals surface area (Å²) in [5.41, 5.74) is 7.62. The van der Waals surface area contributed by atoms with Gasteiger partial charge in [-0.05, 0) is 56.0 Å². The summed E-state index contributed by atoms with van der Waals surface area (Å²) in [5, 5.41) is 0.881. The average Bonchev–Trinajstić information content (AvgIpc) is 3.38. The number of nitrogen functional groups attached to an aromatic ring is 1. The summed E-state index contributed by atoms with van der Waals surface area (Å²) in [6, 6.07) is 6.18. The van der Waals surface area contributed by atoms with Gasteiger partial charge in [-0.1, -0.05) is 6.92 Å². The van der Waals surface area contributed by atoms with E-state index in [1.807, 2.05) is 13.0 Å². The number of aromatic nitrogens is 3. The zero-order valence-electron chi connectivity index (χ0n) is 25.1. The van der Waals surface area contributed by atoms with E-state index in [4.69, 9.17) is 29.9 Å². The first-order chi connectivity index (χ1) is 21.8. The molecule has 3 saturated heterocycles. The molecule has 0 radical (unpaired) electrons. The van der Waals surface area contributed by atoms with E-state index in [1.54, 1.807) is 0 Å². The Balaban J connectivity index is 1.33. The van der Waals surface area contributed by atoms with Crippen LogP contribution in [0.15, 0.2) is 24.3 Å². The molecule has 8 rings (SSSR count). The molecular formula is C33H35F3N6O3. The quantitative estimate of drug-likeness (QED) is 0.322. The highest BCUT2D eigenvalue weighted by Crippen LogP contribution is 2.45. The summed E-state index contributed by atoms with van der Waals surface area (Å²) in [6.07, 6.45) is 2.41. The maximum Gasteiger partial charge on any atom is 0.225 e. The first-order valence-corrected chi connectivity index (χ1v) is 15.8. The number of benzene rings is 1. The van der Waals surface area contributed by atoms with E-state index in [0.29, 0.717) is 85.3 Å². The number of hydrogen-bond donors (Lipinski definition) is 1. The van der Waals surface area contributed by atoms with Crippen molar-refractivity contribution < 1.29 is 27.4 Å². The van der Waals surface area contributed by atoms with Crippen molar-refractivity contribution in [1.82, 2.24) is 19.9 Å². The van der Waals surface area contributed by atoms with Gasteiger partial charge in [0.2, 0.25) is 11.8 Å². The van der Waals surface area contributed by atoms with Crippen molar-refractivity contribution in [3.8, 4) is 23.0 Å². The lowest BCUT2D eigenvalue weighted by molar-refractivity contribution is 0.111. The van der Waals surface area contributed by atoms with Crippen LogP contribution in [0.2, 0.25) is 0 Å². The van der Waals surface area contributed by atoms with Crippen LogP contribution >= 0.6 is 0 Å². The summed E-state index contributed by atoms with van der Waals surface area (Å²) < 4.78 is 65.0. The lowest BCUT2D eigenvalue weighted by Gasteiger charge is -2.32. The van der Waals surface area contributed by atoms with E-state index in [2.05, 4.69) is 14.8 Å². The Morgan fingerprint density at radius 2 is 2.00 bits per heavy atom. The third-order valence-electron chi connectivity index (χ3n) is 9.96. The van der Waals surface area contributed by atoms with Crippen LogP contribution in [0.1, 0.15) is 38.2 Å². The molecule has 7 heterocycles. The highest BCUT2D eigenvalue weighted by atomic mass is 19.1. The van der Waals surface area contributed by atoms with Crippen molar-refractivity contribution in [3.63, 3.8) is 0 Å². The van der Waals surface area contributed by atoms with Crippen LogP contribution in [0.4, 0.5) is 24.7 Å². The van der Waals surface area contributed by atoms with Crippen LogP contribution in [-0.2, 0) is 11.2 Å². The summed E-state index contributed by atoms with van der Waals surface area (Å²) >= 11 is 0. The van der Waals surface area contributed by atoms with Gasteiger partial charge in [-0.2, -0.15) is 0 Å². The summed E-state index contributed by atoms with van der Waals surface area (Å²) in [7, 11) is 0. The molecule has 4 aliphatic heterocycles. The van der Waals surface area contributed by atoms with Crippen molar-refractivity contribution in [1.29, 1.82) is 0 Å². The van der Waals surface area contributed by atoms with Crippen molar-refractivity contribution >= 4 is 33.3 Å². The Morgan fingerprint density at radius 1 is 1.11 bits per heavy atom. The smallest absolute Gasteiger partial charge is 0.225 e. The molecule has 0 spiro atoms. The summed E-state index contributed by atoms with van der Waals surface area (Å²) in [5.74, 6) is -0.478. The molecule has 0 unspecified atom stereocenters. The number of nitrogens with two attached hydrogens (primary N) is 1. The number of ether oxygens (including phenoxy) is 3. The fourth-order valence-corrected chi connectivity index (χ4v) is 7.85. The van der Waals surface area contributed by atoms with Gasteiger partial charge in [0.15, 0.2) is 5.82 Å². The number of fused-ring (bicyclic) bond motifs is 4. The lowest BCUT2D eigenvalue weighted by Crippen LogP contribution is -2.43. The van der Waals surface area contributed by atoms with E-state index < -0.39 is 23.3 Å².